The number of nitrogens with one attached hydrogen (secondary N) is 1. The average Bonchev–Trinajstić information content (AvgIpc) is 3.01. The zero-order chi connectivity index (χ0) is 15.2. The summed E-state index contributed by atoms with van der Waals surface area (Å²) < 4.78 is 19.5. The predicted octanol–water partition coefficient (Wildman–Crippen LogP) is 3.95. The number of thioether (sulfide) groups is 1. The van der Waals surface area contributed by atoms with Crippen molar-refractivity contribution >= 4 is 28.2 Å². The SMILES string of the molecule is Fc1ccc(CNc2nnc(SC[C@H]3CCCCO3)s2)cc1. The molecule has 0 bridgehead atoms. The summed E-state index contributed by atoms with van der Waals surface area (Å²) >= 11 is 3.25. The van der Waals surface area contributed by atoms with Gasteiger partial charge in [-0.05, 0) is 37.0 Å². The minimum Gasteiger partial charge on any atom is -0.377 e. The lowest BCUT2D eigenvalue weighted by Crippen LogP contribution is -2.21. The van der Waals surface area contributed by atoms with Crippen molar-refractivity contribution in [1.82, 2.24) is 10.2 Å². The fraction of sp³-hybridized carbons (Fsp3) is 0.467. The van der Waals surface area contributed by atoms with E-state index in [0.717, 1.165) is 33.8 Å². The number of aromatic nitrogens is 2. The van der Waals surface area contributed by atoms with E-state index in [1.54, 1.807) is 35.2 Å². The van der Waals surface area contributed by atoms with Gasteiger partial charge in [0.05, 0.1) is 6.10 Å². The van der Waals surface area contributed by atoms with Crippen LogP contribution in [0, 0.1) is 5.82 Å². The summed E-state index contributed by atoms with van der Waals surface area (Å²) in [6.07, 6.45) is 3.92. The molecule has 118 valence electrons. The maximum absolute atomic E-state index is 12.8. The number of ether oxygens (including phenoxy) is 1. The Morgan fingerprint density at radius 2 is 2.14 bits per heavy atom. The number of nitrogens with zero attached hydrogens (tertiary/aromatic N) is 2. The molecule has 1 aromatic carbocycles. The monoisotopic (exact) mass is 339 g/mol. The first-order valence-electron chi connectivity index (χ1n) is 7.36. The van der Waals surface area contributed by atoms with Crippen molar-refractivity contribution in [2.24, 2.45) is 0 Å². The van der Waals surface area contributed by atoms with Crippen molar-refractivity contribution in [1.29, 1.82) is 0 Å². The number of anilines is 1. The summed E-state index contributed by atoms with van der Waals surface area (Å²) in [4.78, 5) is 0. The third kappa shape index (κ3) is 4.66. The lowest BCUT2D eigenvalue weighted by molar-refractivity contribution is 0.0315. The number of rotatable bonds is 6. The van der Waals surface area contributed by atoms with Crippen molar-refractivity contribution in [2.75, 3.05) is 17.7 Å². The average molecular weight is 339 g/mol. The van der Waals surface area contributed by atoms with Crippen molar-refractivity contribution < 1.29 is 9.13 Å². The Morgan fingerprint density at radius 1 is 1.27 bits per heavy atom. The van der Waals surface area contributed by atoms with Gasteiger partial charge in [-0.15, -0.1) is 10.2 Å². The van der Waals surface area contributed by atoms with Gasteiger partial charge in [-0.25, -0.2) is 4.39 Å². The van der Waals surface area contributed by atoms with Crippen LogP contribution < -0.4 is 5.32 Å². The van der Waals surface area contributed by atoms with Crippen LogP contribution in [-0.2, 0) is 11.3 Å². The Hall–Kier alpha value is -1.18. The predicted molar refractivity (Wildman–Crippen MR) is 88.0 cm³/mol. The minimum atomic E-state index is -0.219. The highest BCUT2D eigenvalue weighted by Crippen LogP contribution is 2.28. The van der Waals surface area contributed by atoms with Gasteiger partial charge in [0.25, 0.3) is 0 Å². The molecule has 0 saturated carbocycles. The molecule has 0 aliphatic carbocycles. The first-order valence-corrected chi connectivity index (χ1v) is 9.16. The quantitative estimate of drug-likeness (QED) is 0.808. The molecule has 7 heteroatoms. The molecular weight excluding hydrogens is 321 g/mol. The third-order valence-corrected chi connectivity index (χ3v) is 5.58. The second-order valence-electron chi connectivity index (χ2n) is 5.15. The van der Waals surface area contributed by atoms with E-state index < -0.39 is 0 Å². The molecule has 0 spiro atoms. The van der Waals surface area contributed by atoms with Gasteiger partial charge in [-0.3, -0.25) is 0 Å². The van der Waals surface area contributed by atoms with Crippen LogP contribution in [0.25, 0.3) is 0 Å². The van der Waals surface area contributed by atoms with Crippen LogP contribution in [0.4, 0.5) is 9.52 Å². The molecule has 1 atom stereocenters. The standard InChI is InChI=1S/C15H18FN3OS2/c16-12-6-4-11(5-7-12)9-17-14-18-19-15(22-14)21-10-13-3-1-2-8-20-13/h4-7,13H,1-3,8-10H2,(H,17,18)/t13-/m1/s1. The second kappa shape index (κ2) is 7.89. The van der Waals surface area contributed by atoms with Gasteiger partial charge >= 0.3 is 0 Å². The fourth-order valence-corrected chi connectivity index (χ4v) is 4.06. The van der Waals surface area contributed by atoms with E-state index in [2.05, 4.69) is 15.5 Å². The molecule has 0 unspecified atom stereocenters. The zero-order valence-electron chi connectivity index (χ0n) is 12.1. The van der Waals surface area contributed by atoms with Gasteiger partial charge in [-0.1, -0.05) is 35.2 Å². The summed E-state index contributed by atoms with van der Waals surface area (Å²) in [7, 11) is 0. The minimum absolute atomic E-state index is 0.219. The largest absolute Gasteiger partial charge is 0.377 e. The van der Waals surface area contributed by atoms with E-state index in [-0.39, 0.29) is 5.82 Å². The van der Waals surface area contributed by atoms with Crippen LogP contribution in [0.3, 0.4) is 0 Å². The molecule has 1 aliphatic rings. The molecular formula is C15H18FN3OS2. The molecule has 1 aromatic heterocycles. The lowest BCUT2D eigenvalue weighted by atomic mass is 10.1. The van der Waals surface area contributed by atoms with Crippen molar-refractivity contribution in [3.05, 3.63) is 35.6 Å². The molecule has 0 amide bonds. The Morgan fingerprint density at radius 3 is 2.91 bits per heavy atom. The van der Waals surface area contributed by atoms with Crippen LogP contribution in [-0.4, -0.2) is 28.7 Å². The van der Waals surface area contributed by atoms with E-state index in [1.807, 2.05) is 0 Å². The maximum Gasteiger partial charge on any atom is 0.206 e. The maximum atomic E-state index is 12.8. The van der Waals surface area contributed by atoms with Gasteiger partial charge in [0.1, 0.15) is 5.82 Å². The first-order chi connectivity index (χ1) is 10.8. The van der Waals surface area contributed by atoms with E-state index >= 15 is 0 Å². The molecule has 1 aliphatic heterocycles. The molecule has 3 rings (SSSR count). The van der Waals surface area contributed by atoms with Crippen molar-refractivity contribution in [3.63, 3.8) is 0 Å². The molecule has 2 heterocycles. The number of hydrogen-bond donors (Lipinski definition) is 1. The topological polar surface area (TPSA) is 47.0 Å². The van der Waals surface area contributed by atoms with E-state index in [1.165, 1.54) is 25.0 Å². The third-order valence-electron chi connectivity index (χ3n) is 3.43. The van der Waals surface area contributed by atoms with Gasteiger partial charge in [0, 0.05) is 18.9 Å². The highest BCUT2D eigenvalue weighted by Gasteiger charge is 2.15. The highest BCUT2D eigenvalue weighted by molar-refractivity contribution is 8.01. The number of halogens is 1. The van der Waals surface area contributed by atoms with Crippen LogP contribution in [0.1, 0.15) is 24.8 Å². The van der Waals surface area contributed by atoms with Crippen molar-refractivity contribution in [2.45, 2.75) is 36.3 Å². The van der Waals surface area contributed by atoms with E-state index in [9.17, 15) is 4.39 Å². The van der Waals surface area contributed by atoms with Gasteiger partial charge in [0.15, 0.2) is 4.34 Å². The van der Waals surface area contributed by atoms with Crippen LogP contribution in [0.5, 0.6) is 0 Å². The molecule has 1 saturated heterocycles. The summed E-state index contributed by atoms with van der Waals surface area (Å²) in [5.41, 5.74) is 1.02. The summed E-state index contributed by atoms with van der Waals surface area (Å²) in [6, 6.07) is 6.45. The molecule has 22 heavy (non-hydrogen) atoms. The van der Waals surface area contributed by atoms with Crippen molar-refractivity contribution in [3.8, 4) is 0 Å². The van der Waals surface area contributed by atoms with Crippen LogP contribution in [0.2, 0.25) is 0 Å². The van der Waals surface area contributed by atoms with Crippen LogP contribution >= 0.6 is 23.1 Å². The van der Waals surface area contributed by atoms with Gasteiger partial charge < -0.3 is 10.1 Å². The van der Waals surface area contributed by atoms with Gasteiger partial charge in [0.2, 0.25) is 5.13 Å². The highest BCUT2D eigenvalue weighted by atomic mass is 32.2. The van der Waals surface area contributed by atoms with E-state index in [0.29, 0.717) is 12.6 Å². The summed E-state index contributed by atoms with van der Waals surface area (Å²) in [5, 5.41) is 12.3. The lowest BCUT2D eigenvalue weighted by Gasteiger charge is -2.21. The molecule has 4 nitrogen and oxygen atoms in total. The summed E-state index contributed by atoms with van der Waals surface area (Å²) in [6.45, 7) is 1.50. The Bertz CT molecular complexity index is 585. The Kier molecular flexibility index (Phi) is 5.64. The molecule has 0 radical (unpaired) electrons. The Balaban J connectivity index is 1.45. The smallest absolute Gasteiger partial charge is 0.206 e. The molecule has 1 N–H and O–H groups in total. The summed E-state index contributed by atoms with van der Waals surface area (Å²) in [5.74, 6) is 0.718. The number of benzene rings is 1. The fourth-order valence-electron chi connectivity index (χ4n) is 2.22. The molecule has 1 fully saturated rings. The van der Waals surface area contributed by atoms with Gasteiger partial charge in [-0.2, -0.15) is 0 Å². The van der Waals surface area contributed by atoms with Crippen LogP contribution in [0.15, 0.2) is 28.6 Å². The zero-order valence-corrected chi connectivity index (χ0v) is 13.8. The second-order valence-corrected chi connectivity index (χ2v) is 7.40. The first kappa shape index (κ1) is 15.7. The number of hydrogen-bond acceptors (Lipinski definition) is 6. The normalized spacial score (nSPS) is 18.3. The Labute approximate surface area is 137 Å². The molecule has 2 aromatic rings. The van der Waals surface area contributed by atoms with E-state index in [4.69, 9.17) is 4.74 Å².